The highest BCUT2D eigenvalue weighted by Gasteiger charge is 2.03. The average Bonchev–Trinajstić information content (AvgIpc) is 3.00. The van der Waals surface area contributed by atoms with Gasteiger partial charge in [0.25, 0.3) is 0 Å². The first-order chi connectivity index (χ1) is 20.8. The van der Waals surface area contributed by atoms with Crippen LogP contribution >= 0.6 is 0 Å². The van der Waals surface area contributed by atoms with Gasteiger partial charge in [-0.15, -0.1) is 0 Å². The molecule has 0 bridgehead atoms. The zero-order valence-electron chi connectivity index (χ0n) is 29.2. The van der Waals surface area contributed by atoms with E-state index in [0.717, 1.165) is 12.8 Å². The lowest BCUT2D eigenvalue weighted by molar-refractivity contribution is -0.143. The van der Waals surface area contributed by atoms with Gasteiger partial charge in [-0.25, -0.2) is 0 Å². The summed E-state index contributed by atoms with van der Waals surface area (Å²) in [5.41, 5.74) is 0. The third-order valence-electron chi connectivity index (χ3n) is 8.90. The van der Waals surface area contributed by atoms with Crippen LogP contribution in [0.25, 0.3) is 0 Å². The predicted molar refractivity (Wildman–Crippen MR) is 188 cm³/mol. The monoisotopic (exact) mass is 591 g/mol. The molecule has 0 aromatic rings. The average molecular weight is 591 g/mol. The summed E-state index contributed by atoms with van der Waals surface area (Å²) in [6.45, 7) is 5.21. The third kappa shape index (κ3) is 37.2. The van der Waals surface area contributed by atoms with Gasteiger partial charge in [0.2, 0.25) is 0 Å². The number of hydrogen-bond donors (Lipinski definition) is 0. The number of carbonyl (C=O) groups is 1. The van der Waals surface area contributed by atoms with Gasteiger partial charge in [0.15, 0.2) is 0 Å². The molecule has 0 aliphatic rings. The molecule has 0 aromatic heterocycles. The van der Waals surface area contributed by atoms with Crippen LogP contribution in [0.3, 0.4) is 0 Å². The third-order valence-corrected chi connectivity index (χ3v) is 8.90. The summed E-state index contributed by atoms with van der Waals surface area (Å²) >= 11 is 0. The van der Waals surface area contributed by atoms with Crippen molar-refractivity contribution in [1.29, 1.82) is 0 Å². The van der Waals surface area contributed by atoms with Gasteiger partial charge >= 0.3 is 5.97 Å². The summed E-state index contributed by atoms with van der Waals surface area (Å²) in [5, 5.41) is 0. The van der Waals surface area contributed by atoms with Gasteiger partial charge in [0.1, 0.15) is 0 Å². The molecule has 0 fully saturated rings. The van der Waals surface area contributed by atoms with Gasteiger partial charge < -0.3 is 4.74 Å². The predicted octanol–water partition coefficient (Wildman–Crippen LogP) is 14.4. The van der Waals surface area contributed by atoms with Crippen molar-refractivity contribution in [3.8, 4) is 0 Å². The van der Waals surface area contributed by atoms with Gasteiger partial charge in [-0.05, 0) is 38.5 Å². The molecule has 0 rings (SSSR count). The summed E-state index contributed by atoms with van der Waals surface area (Å²) in [7, 11) is 0. The molecule has 250 valence electrons. The van der Waals surface area contributed by atoms with Crippen molar-refractivity contribution in [2.45, 2.75) is 232 Å². The Bertz CT molecular complexity index is 526. The van der Waals surface area contributed by atoms with E-state index in [1.165, 1.54) is 199 Å². The van der Waals surface area contributed by atoms with Gasteiger partial charge in [-0.2, -0.15) is 0 Å². The number of ether oxygens (including phenoxy) is 1. The molecule has 0 saturated carbocycles. The van der Waals surface area contributed by atoms with Crippen LogP contribution in [-0.2, 0) is 9.53 Å². The van der Waals surface area contributed by atoms with E-state index in [-0.39, 0.29) is 5.97 Å². The second-order valence-corrected chi connectivity index (χ2v) is 13.3. The number of rotatable bonds is 36. The van der Waals surface area contributed by atoms with Crippen molar-refractivity contribution >= 4 is 5.97 Å². The van der Waals surface area contributed by atoms with E-state index in [1.807, 2.05) is 0 Å². The molecule has 2 nitrogen and oxygen atoms in total. The molecule has 0 aliphatic carbocycles. The Morgan fingerprint density at radius 1 is 0.381 bits per heavy atom. The first-order valence-electron chi connectivity index (χ1n) is 19.6. The first-order valence-corrected chi connectivity index (χ1v) is 19.6. The molecule has 42 heavy (non-hydrogen) atoms. The zero-order chi connectivity index (χ0) is 30.4. The number of unbranched alkanes of at least 4 members (excludes halogenated alkanes) is 30. The molecule has 0 aromatic carbocycles. The lowest BCUT2D eigenvalue weighted by Gasteiger charge is -2.06. The normalized spacial score (nSPS) is 11.6. The fourth-order valence-electron chi connectivity index (χ4n) is 5.96. The molecule has 0 unspecified atom stereocenters. The van der Waals surface area contributed by atoms with E-state index in [2.05, 4.69) is 26.0 Å². The Morgan fingerprint density at radius 2 is 0.667 bits per heavy atom. The molecular formula is C40H78O2. The molecule has 0 atom stereocenters. The Balaban J connectivity index is 3.17. The molecular weight excluding hydrogens is 512 g/mol. The van der Waals surface area contributed by atoms with Gasteiger partial charge in [-0.1, -0.05) is 199 Å². The maximum atomic E-state index is 12.0. The van der Waals surface area contributed by atoms with E-state index >= 15 is 0 Å². The van der Waals surface area contributed by atoms with Crippen molar-refractivity contribution in [2.24, 2.45) is 0 Å². The van der Waals surface area contributed by atoms with Gasteiger partial charge in [-0.3, -0.25) is 4.79 Å². The van der Waals surface area contributed by atoms with Crippen molar-refractivity contribution in [1.82, 2.24) is 0 Å². The smallest absolute Gasteiger partial charge is 0.305 e. The van der Waals surface area contributed by atoms with Crippen molar-refractivity contribution in [2.75, 3.05) is 6.61 Å². The lowest BCUT2D eigenvalue weighted by atomic mass is 10.0. The number of carbonyl (C=O) groups excluding carboxylic acids is 1. The van der Waals surface area contributed by atoms with Gasteiger partial charge in [0, 0.05) is 6.42 Å². The Morgan fingerprint density at radius 3 is 1.02 bits per heavy atom. The highest BCUT2D eigenvalue weighted by molar-refractivity contribution is 5.69. The minimum atomic E-state index is 0.0259. The lowest BCUT2D eigenvalue weighted by Crippen LogP contribution is -2.05. The van der Waals surface area contributed by atoms with Crippen molar-refractivity contribution < 1.29 is 9.53 Å². The molecule has 2 heteroatoms. The first kappa shape index (κ1) is 41.2. The van der Waals surface area contributed by atoms with E-state index in [0.29, 0.717) is 13.0 Å². The molecule has 0 aliphatic heterocycles. The van der Waals surface area contributed by atoms with E-state index in [1.54, 1.807) is 0 Å². The van der Waals surface area contributed by atoms with Crippen LogP contribution in [0, 0.1) is 0 Å². The van der Waals surface area contributed by atoms with E-state index in [9.17, 15) is 4.79 Å². The van der Waals surface area contributed by atoms with E-state index in [4.69, 9.17) is 4.74 Å². The van der Waals surface area contributed by atoms with Crippen LogP contribution in [-0.4, -0.2) is 12.6 Å². The number of allylic oxidation sites excluding steroid dienone is 2. The second kappa shape index (κ2) is 38.2. The summed E-state index contributed by atoms with van der Waals surface area (Å²) in [5.74, 6) is 0.0259. The number of esters is 1. The molecule has 0 saturated heterocycles. The fourth-order valence-corrected chi connectivity index (χ4v) is 5.96. The summed E-state index contributed by atoms with van der Waals surface area (Å²) < 4.78 is 5.45. The van der Waals surface area contributed by atoms with Crippen molar-refractivity contribution in [3.63, 3.8) is 0 Å². The molecule has 0 radical (unpaired) electrons. The van der Waals surface area contributed by atoms with Crippen LogP contribution < -0.4 is 0 Å². The Hall–Kier alpha value is -0.790. The van der Waals surface area contributed by atoms with Crippen molar-refractivity contribution in [3.05, 3.63) is 12.2 Å². The van der Waals surface area contributed by atoms with Crippen LogP contribution in [0.2, 0.25) is 0 Å². The Labute approximate surface area is 266 Å². The van der Waals surface area contributed by atoms with Crippen LogP contribution in [0.5, 0.6) is 0 Å². The van der Waals surface area contributed by atoms with Crippen LogP contribution in [0.4, 0.5) is 0 Å². The standard InChI is InChI=1S/C40H78O2/c1-3-5-7-9-11-13-15-17-19-20-21-22-23-24-25-26-28-30-32-34-36-38-40(41)42-39-37-35-33-31-29-27-18-16-14-12-10-8-6-4-2/h17,19H,3-16,18,20-39H2,1-2H3/b19-17-. The van der Waals surface area contributed by atoms with Gasteiger partial charge in [0.05, 0.1) is 6.61 Å². The number of hydrogen-bond acceptors (Lipinski definition) is 2. The second-order valence-electron chi connectivity index (χ2n) is 13.3. The van der Waals surface area contributed by atoms with Crippen LogP contribution in [0.1, 0.15) is 232 Å². The molecule has 0 heterocycles. The molecule has 0 spiro atoms. The Kier molecular flexibility index (Phi) is 37.5. The van der Waals surface area contributed by atoms with E-state index < -0.39 is 0 Å². The summed E-state index contributed by atoms with van der Waals surface area (Å²) in [6.07, 6.45) is 50.0. The highest BCUT2D eigenvalue weighted by atomic mass is 16.5. The maximum absolute atomic E-state index is 12.0. The topological polar surface area (TPSA) is 26.3 Å². The summed E-state index contributed by atoms with van der Waals surface area (Å²) in [4.78, 5) is 12.0. The minimum absolute atomic E-state index is 0.0259. The molecule has 0 amide bonds. The zero-order valence-corrected chi connectivity index (χ0v) is 29.2. The fraction of sp³-hybridized carbons (Fsp3) is 0.925. The largest absolute Gasteiger partial charge is 0.466 e. The molecule has 0 N–H and O–H groups in total. The SMILES string of the molecule is CCCCCCCC/C=C\CCCCCCCCCCCCCC(=O)OCCCCCCCCCCCCCCCC. The summed E-state index contributed by atoms with van der Waals surface area (Å²) in [6, 6.07) is 0. The highest BCUT2D eigenvalue weighted by Crippen LogP contribution is 2.15. The maximum Gasteiger partial charge on any atom is 0.305 e. The minimum Gasteiger partial charge on any atom is -0.466 e. The van der Waals surface area contributed by atoms with Crippen LogP contribution in [0.15, 0.2) is 12.2 Å². The quantitative estimate of drug-likeness (QED) is 0.0412.